The highest BCUT2D eigenvalue weighted by molar-refractivity contribution is 6.00. The summed E-state index contributed by atoms with van der Waals surface area (Å²) in [6, 6.07) is 1.62. The molecule has 92 valence electrons. The summed E-state index contributed by atoms with van der Waals surface area (Å²) in [7, 11) is 1.86. The Morgan fingerprint density at radius 1 is 1.59 bits per heavy atom. The van der Waals surface area contributed by atoms with Crippen molar-refractivity contribution >= 4 is 11.8 Å². The van der Waals surface area contributed by atoms with E-state index >= 15 is 0 Å². The number of imide groups is 1. The molecule has 1 aliphatic rings. The first-order valence-corrected chi connectivity index (χ1v) is 5.65. The molecule has 1 aromatic heterocycles. The number of aromatic nitrogens is 2. The second-order valence-electron chi connectivity index (χ2n) is 4.27. The van der Waals surface area contributed by atoms with Crippen molar-refractivity contribution in [3.05, 3.63) is 18.0 Å². The maximum atomic E-state index is 11.6. The predicted molar refractivity (Wildman–Crippen MR) is 60.9 cm³/mol. The first-order valence-electron chi connectivity index (χ1n) is 5.65. The van der Waals surface area contributed by atoms with Crippen molar-refractivity contribution in [1.29, 1.82) is 0 Å². The zero-order chi connectivity index (χ0) is 12.4. The van der Waals surface area contributed by atoms with Gasteiger partial charge in [-0.2, -0.15) is 5.10 Å². The summed E-state index contributed by atoms with van der Waals surface area (Å²) in [5.74, 6) is -0.434. The van der Waals surface area contributed by atoms with E-state index in [0.717, 1.165) is 5.69 Å². The third-order valence-corrected chi connectivity index (χ3v) is 2.99. The molecule has 6 nitrogen and oxygen atoms in total. The van der Waals surface area contributed by atoms with Gasteiger partial charge in [0.1, 0.15) is 0 Å². The first kappa shape index (κ1) is 11.8. The Labute approximate surface area is 99.4 Å². The number of carbonyl (C=O) groups excluding carboxylic acids is 2. The maximum Gasteiger partial charge on any atom is 0.243 e. The van der Waals surface area contributed by atoms with E-state index in [0.29, 0.717) is 12.8 Å². The van der Waals surface area contributed by atoms with Gasteiger partial charge in [-0.25, -0.2) is 0 Å². The molecule has 2 atom stereocenters. The smallest absolute Gasteiger partial charge is 0.243 e. The van der Waals surface area contributed by atoms with Crippen LogP contribution in [0.5, 0.6) is 0 Å². The Balaban J connectivity index is 1.99. The Kier molecular flexibility index (Phi) is 3.23. The molecule has 1 saturated heterocycles. The van der Waals surface area contributed by atoms with Crippen LogP contribution in [0.4, 0.5) is 0 Å². The number of nitrogens with one attached hydrogen (secondary N) is 2. The van der Waals surface area contributed by atoms with Crippen LogP contribution in [0.25, 0.3) is 0 Å². The molecule has 17 heavy (non-hydrogen) atoms. The average Bonchev–Trinajstić information content (AvgIpc) is 2.68. The number of nitrogens with zero attached hydrogens (tertiary/aromatic N) is 2. The summed E-state index contributed by atoms with van der Waals surface area (Å²) in [4.78, 5) is 22.6. The molecule has 2 amide bonds. The predicted octanol–water partition coefficient (Wildman–Crippen LogP) is -0.124. The molecule has 2 N–H and O–H groups in total. The van der Waals surface area contributed by atoms with Gasteiger partial charge in [0.25, 0.3) is 0 Å². The Morgan fingerprint density at radius 3 is 2.94 bits per heavy atom. The normalized spacial score (nSPS) is 22.4. The van der Waals surface area contributed by atoms with Crippen LogP contribution in [-0.4, -0.2) is 27.6 Å². The van der Waals surface area contributed by atoms with Gasteiger partial charge in [-0.3, -0.25) is 24.9 Å². The largest absolute Gasteiger partial charge is 0.298 e. The molecular weight excluding hydrogens is 220 g/mol. The summed E-state index contributed by atoms with van der Waals surface area (Å²) >= 11 is 0. The number of rotatable bonds is 3. The molecule has 0 aromatic carbocycles. The van der Waals surface area contributed by atoms with Crippen LogP contribution in [0.2, 0.25) is 0 Å². The van der Waals surface area contributed by atoms with E-state index in [2.05, 4.69) is 15.7 Å². The van der Waals surface area contributed by atoms with Crippen LogP contribution in [0.3, 0.4) is 0 Å². The van der Waals surface area contributed by atoms with Crippen molar-refractivity contribution < 1.29 is 9.59 Å². The molecule has 1 fully saturated rings. The van der Waals surface area contributed by atoms with Crippen molar-refractivity contribution in [2.24, 2.45) is 7.05 Å². The van der Waals surface area contributed by atoms with Gasteiger partial charge in [0.2, 0.25) is 11.8 Å². The Morgan fingerprint density at radius 2 is 2.35 bits per heavy atom. The zero-order valence-corrected chi connectivity index (χ0v) is 9.93. The minimum atomic E-state index is -0.308. The quantitative estimate of drug-likeness (QED) is 0.717. The van der Waals surface area contributed by atoms with E-state index in [-0.39, 0.29) is 23.9 Å². The molecule has 1 aromatic rings. The third kappa shape index (κ3) is 2.52. The van der Waals surface area contributed by atoms with E-state index in [1.165, 1.54) is 0 Å². The molecule has 0 bridgehead atoms. The van der Waals surface area contributed by atoms with Crippen LogP contribution >= 0.6 is 0 Å². The summed E-state index contributed by atoms with van der Waals surface area (Å²) in [5, 5.41) is 9.62. The molecule has 2 unspecified atom stereocenters. The molecule has 2 heterocycles. The van der Waals surface area contributed by atoms with E-state index in [9.17, 15) is 9.59 Å². The lowest BCUT2D eigenvalue weighted by Crippen LogP contribution is -2.51. The van der Waals surface area contributed by atoms with Gasteiger partial charge in [0, 0.05) is 25.7 Å². The summed E-state index contributed by atoms with van der Waals surface area (Å²) in [6.45, 7) is 1.97. The number of aryl methyl sites for hydroxylation is 1. The van der Waals surface area contributed by atoms with E-state index in [1.807, 2.05) is 20.0 Å². The fraction of sp³-hybridized carbons (Fsp3) is 0.545. The minimum absolute atomic E-state index is 0.0199. The Bertz CT molecular complexity index is 440. The minimum Gasteiger partial charge on any atom is -0.298 e. The first-order chi connectivity index (χ1) is 8.08. The molecule has 2 rings (SSSR count). The number of piperidine rings is 1. The van der Waals surface area contributed by atoms with E-state index in [1.54, 1.807) is 10.9 Å². The second-order valence-corrected chi connectivity index (χ2v) is 4.27. The zero-order valence-electron chi connectivity index (χ0n) is 9.93. The lowest BCUT2D eigenvalue weighted by Gasteiger charge is -2.25. The molecule has 0 aliphatic carbocycles. The third-order valence-electron chi connectivity index (χ3n) is 2.99. The number of hydrogen-bond acceptors (Lipinski definition) is 4. The molecule has 6 heteroatoms. The highest BCUT2D eigenvalue weighted by atomic mass is 16.2. The molecule has 1 aliphatic heterocycles. The van der Waals surface area contributed by atoms with Crippen molar-refractivity contribution in [2.45, 2.75) is 31.8 Å². The van der Waals surface area contributed by atoms with E-state index in [4.69, 9.17) is 0 Å². The second kappa shape index (κ2) is 4.67. The van der Waals surface area contributed by atoms with Gasteiger partial charge in [0.05, 0.1) is 11.7 Å². The maximum absolute atomic E-state index is 11.6. The fourth-order valence-electron chi connectivity index (χ4n) is 2.05. The van der Waals surface area contributed by atoms with Gasteiger partial charge in [-0.05, 0) is 19.4 Å². The molecule has 0 saturated carbocycles. The fourth-order valence-corrected chi connectivity index (χ4v) is 2.05. The molecule has 0 spiro atoms. The lowest BCUT2D eigenvalue weighted by atomic mass is 10.0. The summed E-state index contributed by atoms with van der Waals surface area (Å²) in [6.07, 6.45) is 2.66. The number of amides is 2. The van der Waals surface area contributed by atoms with Crippen molar-refractivity contribution in [3.63, 3.8) is 0 Å². The van der Waals surface area contributed by atoms with Crippen molar-refractivity contribution in [1.82, 2.24) is 20.4 Å². The van der Waals surface area contributed by atoms with Crippen LogP contribution in [0.1, 0.15) is 31.5 Å². The van der Waals surface area contributed by atoms with Gasteiger partial charge >= 0.3 is 0 Å². The lowest BCUT2D eigenvalue weighted by molar-refractivity contribution is -0.134. The van der Waals surface area contributed by atoms with Crippen LogP contribution in [-0.2, 0) is 16.6 Å². The van der Waals surface area contributed by atoms with E-state index < -0.39 is 0 Å². The van der Waals surface area contributed by atoms with Gasteiger partial charge in [-0.15, -0.1) is 0 Å². The summed E-state index contributed by atoms with van der Waals surface area (Å²) < 4.78 is 1.77. The standard InChI is InChI=1S/C11H16N4O2/c1-7(9-5-6-12-15(9)2)13-8-3-4-10(16)14-11(8)17/h5-8,13H,3-4H2,1-2H3,(H,14,16,17). The topological polar surface area (TPSA) is 76.0 Å². The molecular formula is C11H16N4O2. The van der Waals surface area contributed by atoms with Crippen LogP contribution < -0.4 is 10.6 Å². The van der Waals surface area contributed by atoms with Gasteiger partial charge in [-0.1, -0.05) is 0 Å². The molecule has 0 radical (unpaired) electrons. The average molecular weight is 236 g/mol. The van der Waals surface area contributed by atoms with Crippen molar-refractivity contribution in [2.75, 3.05) is 0 Å². The van der Waals surface area contributed by atoms with Crippen LogP contribution in [0, 0.1) is 0 Å². The van der Waals surface area contributed by atoms with Gasteiger partial charge in [0.15, 0.2) is 0 Å². The highest BCUT2D eigenvalue weighted by Gasteiger charge is 2.28. The Hall–Kier alpha value is -1.69. The SMILES string of the molecule is CC(NC1CCC(=O)NC1=O)c1ccnn1C. The van der Waals surface area contributed by atoms with Crippen molar-refractivity contribution in [3.8, 4) is 0 Å². The number of carbonyl (C=O) groups is 2. The number of hydrogen-bond donors (Lipinski definition) is 2. The van der Waals surface area contributed by atoms with Crippen LogP contribution in [0.15, 0.2) is 12.3 Å². The summed E-state index contributed by atoms with van der Waals surface area (Å²) in [5.41, 5.74) is 1.01. The van der Waals surface area contributed by atoms with Gasteiger partial charge < -0.3 is 0 Å². The highest BCUT2D eigenvalue weighted by Crippen LogP contribution is 2.14. The monoisotopic (exact) mass is 236 g/mol.